The number of aryl methyl sites for hydroxylation is 1. The van der Waals surface area contributed by atoms with Crippen LogP contribution in [0.25, 0.3) is 0 Å². The minimum atomic E-state index is -0.150. The van der Waals surface area contributed by atoms with Crippen LogP contribution in [0.2, 0.25) is 5.02 Å². The van der Waals surface area contributed by atoms with Gasteiger partial charge in [-0.1, -0.05) is 41.6 Å². The molecule has 1 aliphatic heterocycles. The average Bonchev–Trinajstić information content (AvgIpc) is 2.86. The van der Waals surface area contributed by atoms with E-state index >= 15 is 0 Å². The lowest BCUT2D eigenvalue weighted by molar-refractivity contribution is -0.113. The first-order chi connectivity index (χ1) is 16.0. The van der Waals surface area contributed by atoms with E-state index in [0.717, 1.165) is 37.6 Å². The topological polar surface area (TPSA) is 70.6 Å². The Bertz CT molecular complexity index is 1090. The first-order valence-corrected chi connectivity index (χ1v) is 12.1. The van der Waals surface area contributed by atoms with Crippen LogP contribution < -0.4 is 19.9 Å². The van der Waals surface area contributed by atoms with Crippen LogP contribution in [0.3, 0.4) is 0 Å². The SMILES string of the molecule is COc1cc(Cl)c(C)cc1NC(=O)CSc1ccc(N2CCN(c3ccccc3)CC2)nn1. The standard InChI is InChI=1S/C24H26ClN5O2S/c1-17-14-20(21(32-2)15-19(17)25)26-23(31)16-33-24-9-8-22(27-28-24)30-12-10-29(11-13-30)18-6-4-3-5-7-18/h3-9,14-15H,10-13,16H2,1-2H3,(H,26,31). The molecule has 0 spiro atoms. The zero-order valence-corrected chi connectivity index (χ0v) is 20.2. The fraction of sp³-hybridized carbons (Fsp3) is 0.292. The van der Waals surface area contributed by atoms with Gasteiger partial charge in [-0.05, 0) is 42.8 Å². The summed E-state index contributed by atoms with van der Waals surface area (Å²) in [5, 5.41) is 12.9. The molecule has 33 heavy (non-hydrogen) atoms. The fourth-order valence-electron chi connectivity index (χ4n) is 3.65. The number of methoxy groups -OCH3 is 1. The number of nitrogens with zero attached hydrogens (tertiary/aromatic N) is 4. The fourth-order valence-corrected chi connectivity index (χ4v) is 4.41. The number of carbonyl (C=O) groups excluding carboxylic acids is 1. The largest absolute Gasteiger partial charge is 0.495 e. The Morgan fingerprint density at radius 3 is 2.45 bits per heavy atom. The van der Waals surface area contributed by atoms with E-state index in [1.54, 1.807) is 19.2 Å². The van der Waals surface area contributed by atoms with E-state index in [1.165, 1.54) is 17.4 Å². The molecule has 1 saturated heterocycles. The number of amides is 1. The lowest BCUT2D eigenvalue weighted by Crippen LogP contribution is -2.46. The molecule has 3 aromatic rings. The second kappa shape index (κ2) is 10.8. The molecule has 4 rings (SSSR count). The van der Waals surface area contributed by atoms with Crippen LogP contribution in [0, 0.1) is 6.92 Å². The van der Waals surface area contributed by atoms with Gasteiger partial charge in [0.1, 0.15) is 10.8 Å². The number of piperazine rings is 1. The molecule has 1 N–H and O–H groups in total. The molecule has 1 aromatic heterocycles. The number of aromatic nitrogens is 2. The van der Waals surface area contributed by atoms with Gasteiger partial charge in [0.2, 0.25) is 5.91 Å². The highest BCUT2D eigenvalue weighted by molar-refractivity contribution is 7.99. The van der Waals surface area contributed by atoms with Gasteiger partial charge >= 0.3 is 0 Å². The molecule has 0 aliphatic carbocycles. The van der Waals surface area contributed by atoms with Gasteiger partial charge in [0.15, 0.2) is 5.82 Å². The van der Waals surface area contributed by atoms with Gasteiger partial charge in [-0.15, -0.1) is 10.2 Å². The predicted octanol–water partition coefficient (Wildman–Crippen LogP) is 4.50. The van der Waals surface area contributed by atoms with Crippen LogP contribution in [0.1, 0.15) is 5.56 Å². The highest BCUT2D eigenvalue weighted by atomic mass is 35.5. The highest BCUT2D eigenvalue weighted by Crippen LogP contribution is 2.31. The molecule has 1 aliphatic rings. The van der Waals surface area contributed by atoms with Gasteiger partial charge in [-0.2, -0.15) is 0 Å². The molecule has 1 amide bonds. The van der Waals surface area contributed by atoms with Gasteiger partial charge < -0.3 is 19.9 Å². The van der Waals surface area contributed by atoms with Crippen LogP contribution >= 0.6 is 23.4 Å². The number of ether oxygens (including phenoxy) is 1. The molecule has 0 unspecified atom stereocenters. The zero-order valence-electron chi connectivity index (χ0n) is 18.6. The number of rotatable bonds is 7. The smallest absolute Gasteiger partial charge is 0.234 e. The van der Waals surface area contributed by atoms with E-state index in [0.29, 0.717) is 21.5 Å². The van der Waals surface area contributed by atoms with E-state index < -0.39 is 0 Å². The van der Waals surface area contributed by atoms with Crippen LogP contribution in [-0.4, -0.2) is 55.1 Å². The van der Waals surface area contributed by atoms with Crippen molar-refractivity contribution in [1.82, 2.24) is 10.2 Å². The maximum atomic E-state index is 12.4. The van der Waals surface area contributed by atoms with Crippen molar-refractivity contribution in [3.05, 3.63) is 65.2 Å². The second-order valence-corrected chi connectivity index (χ2v) is 9.08. The molecule has 0 saturated carbocycles. The number of hydrogen-bond acceptors (Lipinski definition) is 7. The Morgan fingerprint density at radius 1 is 1.06 bits per heavy atom. The Labute approximate surface area is 203 Å². The molecule has 9 heteroatoms. The van der Waals surface area contributed by atoms with Crippen molar-refractivity contribution in [3.63, 3.8) is 0 Å². The van der Waals surface area contributed by atoms with Crippen molar-refractivity contribution >= 4 is 46.5 Å². The summed E-state index contributed by atoms with van der Waals surface area (Å²) >= 11 is 7.47. The van der Waals surface area contributed by atoms with Gasteiger partial charge in [0, 0.05) is 43.0 Å². The van der Waals surface area contributed by atoms with Crippen molar-refractivity contribution in [2.75, 3.05) is 54.2 Å². The highest BCUT2D eigenvalue weighted by Gasteiger charge is 2.19. The third-order valence-corrected chi connectivity index (χ3v) is 6.78. The van der Waals surface area contributed by atoms with E-state index in [2.05, 4.69) is 49.6 Å². The summed E-state index contributed by atoms with van der Waals surface area (Å²) in [4.78, 5) is 17.0. The number of thioether (sulfide) groups is 1. The van der Waals surface area contributed by atoms with Crippen molar-refractivity contribution in [3.8, 4) is 5.75 Å². The molecular weight excluding hydrogens is 458 g/mol. The Morgan fingerprint density at radius 2 is 1.79 bits per heavy atom. The summed E-state index contributed by atoms with van der Waals surface area (Å²) in [5.74, 6) is 1.45. The Hall–Kier alpha value is -2.97. The van der Waals surface area contributed by atoms with Crippen molar-refractivity contribution in [2.45, 2.75) is 11.9 Å². The summed E-state index contributed by atoms with van der Waals surface area (Å²) < 4.78 is 5.31. The summed E-state index contributed by atoms with van der Waals surface area (Å²) in [6, 6.07) is 17.8. The maximum Gasteiger partial charge on any atom is 0.234 e. The number of carbonyl (C=O) groups is 1. The number of hydrogen-bond donors (Lipinski definition) is 1. The van der Waals surface area contributed by atoms with Gasteiger partial charge in [-0.25, -0.2) is 0 Å². The van der Waals surface area contributed by atoms with Gasteiger partial charge in [0.05, 0.1) is 18.6 Å². The maximum absolute atomic E-state index is 12.4. The van der Waals surface area contributed by atoms with Crippen molar-refractivity contribution in [2.24, 2.45) is 0 Å². The number of benzene rings is 2. The van der Waals surface area contributed by atoms with Crippen LogP contribution in [0.5, 0.6) is 5.75 Å². The summed E-state index contributed by atoms with van der Waals surface area (Å²) in [5.41, 5.74) is 2.71. The minimum Gasteiger partial charge on any atom is -0.495 e. The quantitative estimate of drug-likeness (QED) is 0.496. The average molecular weight is 484 g/mol. The number of anilines is 3. The lowest BCUT2D eigenvalue weighted by atomic mass is 10.2. The van der Waals surface area contributed by atoms with Crippen LogP contribution in [0.15, 0.2) is 59.6 Å². The molecule has 1 fully saturated rings. The first kappa shape index (κ1) is 23.2. The number of nitrogens with one attached hydrogen (secondary N) is 1. The van der Waals surface area contributed by atoms with E-state index in [1.807, 2.05) is 25.1 Å². The molecule has 0 bridgehead atoms. The van der Waals surface area contributed by atoms with Crippen LogP contribution in [0.4, 0.5) is 17.2 Å². The second-order valence-electron chi connectivity index (χ2n) is 7.68. The van der Waals surface area contributed by atoms with Crippen molar-refractivity contribution < 1.29 is 9.53 Å². The van der Waals surface area contributed by atoms with E-state index in [4.69, 9.17) is 16.3 Å². The molecule has 2 aromatic carbocycles. The summed E-state index contributed by atoms with van der Waals surface area (Å²) in [6.07, 6.45) is 0. The Balaban J connectivity index is 1.28. The lowest BCUT2D eigenvalue weighted by Gasteiger charge is -2.36. The molecule has 0 atom stereocenters. The summed E-state index contributed by atoms with van der Waals surface area (Å²) in [6.45, 7) is 5.54. The minimum absolute atomic E-state index is 0.150. The monoisotopic (exact) mass is 483 g/mol. The normalized spacial score (nSPS) is 13.7. The zero-order chi connectivity index (χ0) is 23.2. The molecule has 172 valence electrons. The molecule has 2 heterocycles. The molecule has 0 radical (unpaired) electrons. The summed E-state index contributed by atoms with van der Waals surface area (Å²) in [7, 11) is 1.55. The van der Waals surface area contributed by atoms with Gasteiger partial charge in [0.25, 0.3) is 0 Å². The number of halogens is 1. The van der Waals surface area contributed by atoms with Crippen LogP contribution in [-0.2, 0) is 4.79 Å². The van der Waals surface area contributed by atoms with E-state index in [-0.39, 0.29) is 11.7 Å². The predicted molar refractivity (Wildman–Crippen MR) is 135 cm³/mol. The Kier molecular flexibility index (Phi) is 7.57. The molecule has 7 nitrogen and oxygen atoms in total. The number of para-hydroxylation sites is 1. The third kappa shape index (κ3) is 5.89. The third-order valence-electron chi connectivity index (χ3n) is 5.46. The van der Waals surface area contributed by atoms with E-state index in [9.17, 15) is 4.79 Å². The molecular formula is C24H26ClN5O2S. The van der Waals surface area contributed by atoms with Crippen molar-refractivity contribution in [1.29, 1.82) is 0 Å². The first-order valence-electron chi connectivity index (χ1n) is 10.7. The van der Waals surface area contributed by atoms with Gasteiger partial charge in [-0.3, -0.25) is 4.79 Å².